The molecule has 0 fully saturated rings. The summed E-state index contributed by atoms with van der Waals surface area (Å²) in [6.07, 6.45) is 4.33. The number of thiazole rings is 1. The first-order valence-corrected chi connectivity index (χ1v) is 11.3. The number of carbonyl (C=O) groups is 1. The normalized spacial score (nSPS) is 16.2. The molecule has 3 aromatic rings. The van der Waals surface area contributed by atoms with Gasteiger partial charge in [0.2, 0.25) is 0 Å². The summed E-state index contributed by atoms with van der Waals surface area (Å²) in [5, 5.41) is 5.85. The molecule has 28 heavy (non-hydrogen) atoms. The predicted molar refractivity (Wildman–Crippen MR) is 120 cm³/mol. The minimum Gasteiger partial charge on any atom is -0.322 e. The maximum atomic E-state index is 12.1. The quantitative estimate of drug-likeness (QED) is 0.241. The average molecular weight is 504 g/mol. The van der Waals surface area contributed by atoms with Gasteiger partial charge in [-0.3, -0.25) is 4.79 Å². The van der Waals surface area contributed by atoms with Gasteiger partial charge in [-0.05, 0) is 24.1 Å². The maximum Gasteiger partial charge on any atom is 0.286 e. The van der Waals surface area contributed by atoms with Crippen LogP contribution in [0.25, 0.3) is 10.6 Å². The number of anilines is 1. The minimum atomic E-state index is -0.0801. The average Bonchev–Trinajstić information content (AvgIpc) is 3.26. The fourth-order valence-electron chi connectivity index (χ4n) is 3.22. The van der Waals surface area contributed by atoms with Gasteiger partial charge in [-0.15, -0.1) is 16.3 Å². The number of nitrogens with one attached hydrogen (secondary N) is 1. The van der Waals surface area contributed by atoms with Crippen molar-refractivity contribution >= 4 is 57.2 Å². The number of pyridine rings is 1. The van der Waals surface area contributed by atoms with Crippen LogP contribution in [0.1, 0.15) is 5.56 Å². The van der Waals surface area contributed by atoms with E-state index in [1.807, 2.05) is 22.2 Å². The van der Waals surface area contributed by atoms with Crippen molar-refractivity contribution in [3.8, 4) is 10.6 Å². The summed E-state index contributed by atoms with van der Waals surface area (Å²) in [6.45, 7) is 0.186. The molecule has 3 heterocycles. The highest BCUT2D eigenvalue weighted by Gasteiger charge is 2.29. The van der Waals surface area contributed by atoms with Crippen molar-refractivity contribution in [3.05, 3.63) is 59.7 Å². The van der Waals surface area contributed by atoms with Crippen molar-refractivity contribution < 1.29 is 9.37 Å². The van der Waals surface area contributed by atoms with Crippen LogP contribution >= 0.6 is 33.9 Å². The van der Waals surface area contributed by atoms with E-state index in [2.05, 4.69) is 62.1 Å². The van der Waals surface area contributed by atoms with Gasteiger partial charge < -0.3 is 11.1 Å². The molecule has 1 aliphatic rings. The van der Waals surface area contributed by atoms with E-state index in [0.29, 0.717) is 17.3 Å². The Labute approximate surface area is 180 Å². The number of amidine groups is 1. The molecule has 3 N–H and O–H groups in total. The Balaban J connectivity index is 1.60. The molecule has 1 amide bonds. The predicted octanol–water partition coefficient (Wildman–Crippen LogP) is 3.45. The lowest BCUT2D eigenvalue weighted by molar-refractivity contribution is -0.436. The Morgan fingerprint density at radius 3 is 2.79 bits per heavy atom. The van der Waals surface area contributed by atoms with Crippen LogP contribution in [0.3, 0.4) is 0 Å². The number of hydrogen-bond acceptors (Lipinski definition) is 4. The second-order valence-corrected chi connectivity index (χ2v) is 8.30. The zero-order valence-corrected chi connectivity index (χ0v) is 18.0. The van der Waals surface area contributed by atoms with Crippen molar-refractivity contribution in [1.29, 1.82) is 0 Å². The number of amides is 1. The van der Waals surface area contributed by atoms with Crippen molar-refractivity contribution in [2.24, 2.45) is 11.7 Å². The Bertz CT molecular complexity index is 1020. The number of aromatic nitrogens is 2. The molecule has 1 atom stereocenters. The molecule has 0 saturated carbocycles. The van der Waals surface area contributed by atoms with Crippen LogP contribution in [0.2, 0.25) is 0 Å². The molecule has 4 rings (SSSR count). The van der Waals surface area contributed by atoms with Gasteiger partial charge in [-0.2, -0.15) is 0 Å². The fourth-order valence-corrected chi connectivity index (χ4v) is 4.63. The van der Waals surface area contributed by atoms with Gasteiger partial charge in [0, 0.05) is 21.6 Å². The highest BCUT2D eigenvalue weighted by molar-refractivity contribution is 14.1. The monoisotopic (exact) mass is 504 g/mol. The molecule has 1 unspecified atom stereocenters. The molecular formula is C20H19IN5OS+. The molecule has 0 saturated heterocycles. The van der Waals surface area contributed by atoms with Crippen LogP contribution in [-0.2, 0) is 11.2 Å². The third-order valence-electron chi connectivity index (χ3n) is 4.65. The highest BCUT2D eigenvalue weighted by Crippen LogP contribution is 2.26. The summed E-state index contributed by atoms with van der Waals surface area (Å²) < 4.78 is 2.68. The number of alkyl halides is 1. The van der Waals surface area contributed by atoms with Crippen molar-refractivity contribution in [2.45, 2.75) is 6.42 Å². The molecule has 0 bridgehead atoms. The molecule has 8 heteroatoms. The summed E-state index contributed by atoms with van der Waals surface area (Å²) in [6, 6.07) is 12.1. The third-order valence-corrected chi connectivity index (χ3v) is 6.54. The summed E-state index contributed by atoms with van der Waals surface area (Å²) in [5.41, 5.74) is 9.56. The van der Waals surface area contributed by atoms with Gasteiger partial charge >= 0.3 is 0 Å². The van der Waals surface area contributed by atoms with Gasteiger partial charge in [-0.25, -0.2) is 9.56 Å². The zero-order chi connectivity index (χ0) is 19.5. The lowest BCUT2D eigenvalue weighted by atomic mass is 9.99. The van der Waals surface area contributed by atoms with Gasteiger partial charge in [0.05, 0.1) is 5.92 Å². The number of nitrogens with two attached hydrogens (primary N) is 1. The van der Waals surface area contributed by atoms with E-state index in [9.17, 15) is 4.79 Å². The number of hydrogen-bond donors (Lipinski definition) is 2. The number of halogens is 1. The van der Waals surface area contributed by atoms with Crippen molar-refractivity contribution in [1.82, 2.24) is 9.97 Å². The number of rotatable bonds is 5. The molecule has 1 aromatic carbocycles. The molecule has 142 valence electrons. The van der Waals surface area contributed by atoms with Crippen molar-refractivity contribution in [3.63, 3.8) is 0 Å². The van der Waals surface area contributed by atoms with Crippen LogP contribution in [0.5, 0.6) is 0 Å². The van der Waals surface area contributed by atoms with E-state index in [-0.39, 0.29) is 18.4 Å². The maximum absolute atomic E-state index is 12.1. The second kappa shape index (κ2) is 8.36. The Morgan fingerprint density at radius 1 is 1.25 bits per heavy atom. The molecule has 2 aromatic heterocycles. The van der Waals surface area contributed by atoms with Crippen LogP contribution < -0.4 is 11.1 Å². The van der Waals surface area contributed by atoms with Gasteiger partial charge in [0.15, 0.2) is 12.4 Å². The first-order chi connectivity index (χ1) is 13.7. The summed E-state index contributed by atoms with van der Waals surface area (Å²) in [5.74, 6) is 1.40. The number of benzene rings is 1. The number of carbonyl (C=O) groups excluding carboxylic acids is 1. The lowest BCUT2D eigenvalue weighted by Crippen LogP contribution is -2.41. The van der Waals surface area contributed by atoms with Gasteiger partial charge in [-0.1, -0.05) is 46.9 Å². The second-order valence-electron chi connectivity index (χ2n) is 6.52. The van der Waals surface area contributed by atoms with Crippen LogP contribution in [-0.4, -0.2) is 37.3 Å². The molecule has 1 aliphatic heterocycles. The van der Waals surface area contributed by atoms with E-state index in [1.165, 1.54) is 5.56 Å². The summed E-state index contributed by atoms with van der Waals surface area (Å²) >= 11 is 3.98. The van der Waals surface area contributed by atoms with E-state index in [0.717, 1.165) is 21.4 Å². The van der Waals surface area contributed by atoms with Crippen molar-refractivity contribution in [2.75, 3.05) is 16.3 Å². The molecule has 6 nitrogen and oxygen atoms in total. The van der Waals surface area contributed by atoms with Crippen LogP contribution in [0, 0.1) is 5.92 Å². The topological polar surface area (TPSA) is 83.9 Å². The Kier molecular flexibility index (Phi) is 5.67. The smallest absolute Gasteiger partial charge is 0.286 e. The molecule has 0 radical (unpaired) electrons. The van der Waals surface area contributed by atoms with Gasteiger partial charge in [0.1, 0.15) is 16.9 Å². The molecule has 0 aliphatic carbocycles. The minimum absolute atomic E-state index is 0.0801. The fraction of sp³-hybridized carbons (Fsp3) is 0.200. The molecule has 0 spiro atoms. The van der Waals surface area contributed by atoms with E-state index in [1.54, 1.807) is 23.6 Å². The Morgan fingerprint density at radius 2 is 2.07 bits per heavy atom. The van der Waals surface area contributed by atoms with Gasteiger partial charge in [0.25, 0.3) is 11.7 Å². The zero-order valence-electron chi connectivity index (χ0n) is 15.0. The Hall–Kier alpha value is -2.33. The van der Waals surface area contributed by atoms with E-state index in [4.69, 9.17) is 5.73 Å². The first kappa shape index (κ1) is 19.0. The standard InChI is InChI=1S/C20H18IN5OS/c21-11-15(10-13-3-5-14(6-4-13)20-24-8-9-28-20)18(22)26-12-17(27)25-16-2-1-7-23-19(16)26/h1-9,15,22H,10-12H2,(H,25,27)/p+1. The third kappa shape index (κ3) is 3.93. The largest absolute Gasteiger partial charge is 0.322 e. The van der Waals surface area contributed by atoms with Crippen LogP contribution in [0.4, 0.5) is 11.5 Å². The molecular weight excluding hydrogens is 485 g/mol. The van der Waals surface area contributed by atoms with E-state index < -0.39 is 0 Å². The summed E-state index contributed by atoms with van der Waals surface area (Å²) in [7, 11) is 0. The van der Waals surface area contributed by atoms with Crippen LogP contribution in [0.15, 0.2) is 54.2 Å². The van der Waals surface area contributed by atoms with E-state index >= 15 is 0 Å². The number of fused-ring (bicyclic) bond motifs is 1. The summed E-state index contributed by atoms with van der Waals surface area (Å²) in [4.78, 5) is 20.9. The lowest BCUT2D eigenvalue weighted by Gasteiger charge is -2.21. The first-order valence-electron chi connectivity index (χ1n) is 8.85. The SMILES string of the molecule is N/C(C(CI)Cc1ccc(-c2nccs2)cc1)=[N+]1\CC(=O)Nc2cccnc21. The number of nitrogens with zero attached hydrogens (tertiary/aromatic N) is 3. The highest BCUT2D eigenvalue weighted by atomic mass is 127.